The van der Waals surface area contributed by atoms with E-state index in [2.05, 4.69) is 0 Å². The molecule has 2 rings (SSSR count). The Hall–Kier alpha value is -2.82. The zero-order chi connectivity index (χ0) is 15.2. The number of aromatic carboxylic acids is 1. The van der Waals surface area contributed by atoms with Gasteiger partial charge in [-0.3, -0.25) is 4.79 Å². The molecule has 0 heterocycles. The summed E-state index contributed by atoms with van der Waals surface area (Å²) in [4.78, 5) is 21.5. The number of methoxy groups -OCH3 is 1. The Morgan fingerprint density at radius 1 is 1.19 bits per heavy atom. The summed E-state index contributed by atoms with van der Waals surface area (Å²) in [6.45, 7) is 0.178. The van der Waals surface area contributed by atoms with Crippen LogP contribution in [0.3, 0.4) is 0 Å². The van der Waals surface area contributed by atoms with Crippen molar-refractivity contribution < 1.29 is 24.2 Å². The predicted molar refractivity (Wildman–Crippen MR) is 73.5 cm³/mol. The van der Waals surface area contributed by atoms with Gasteiger partial charge in [-0.1, -0.05) is 18.2 Å². The van der Waals surface area contributed by atoms with Crippen molar-refractivity contribution in [2.24, 2.45) is 0 Å². The maximum absolute atomic E-state index is 10.8. The third kappa shape index (κ3) is 3.60. The second-order valence-electron chi connectivity index (χ2n) is 4.30. The lowest BCUT2D eigenvalue weighted by Crippen LogP contribution is -2.22. The van der Waals surface area contributed by atoms with E-state index in [0.29, 0.717) is 22.6 Å². The number of rotatable bonds is 6. The highest BCUT2D eigenvalue weighted by atomic mass is 16.5. The molecule has 0 aliphatic heterocycles. The van der Waals surface area contributed by atoms with Crippen LogP contribution < -0.4 is 14.6 Å². The molecule has 0 radical (unpaired) electrons. The van der Waals surface area contributed by atoms with E-state index in [0.717, 1.165) is 6.29 Å². The fourth-order valence-corrected chi connectivity index (χ4v) is 1.83. The van der Waals surface area contributed by atoms with Crippen LogP contribution in [0.5, 0.6) is 11.5 Å². The highest BCUT2D eigenvalue weighted by Gasteiger charge is 2.06. The lowest BCUT2D eigenvalue weighted by molar-refractivity contribution is -0.255. The van der Waals surface area contributed by atoms with Crippen LogP contribution in [0.2, 0.25) is 0 Å². The van der Waals surface area contributed by atoms with Gasteiger partial charge < -0.3 is 19.4 Å². The van der Waals surface area contributed by atoms with Crippen LogP contribution in [0.25, 0.3) is 0 Å². The van der Waals surface area contributed by atoms with Gasteiger partial charge >= 0.3 is 0 Å². The zero-order valence-corrected chi connectivity index (χ0v) is 11.4. The summed E-state index contributed by atoms with van der Waals surface area (Å²) in [5.41, 5.74) is 1.27. The van der Waals surface area contributed by atoms with E-state index >= 15 is 0 Å². The number of hydrogen-bond acceptors (Lipinski definition) is 5. The molecule has 21 heavy (non-hydrogen) atoms. The van der Waals surface area contributed by atoms with Crippen LogP contribution in [-0.4, -0.2) is 19.4 Å². The number of carboxylic acid groups (broad SMARTS) is 1. The normalized spacial score (nSPS) is 9.95. The fraction of sp³-hybridized carbons (Fsp3) is 0.125. The minimum atomic E-state index is -1.23. The Morgan fingerprint density at radius 2 is 2.00 bits per heavy atom. The molecular formula is C16H13O5-. The van der Waals surface area contributed by atoms with Gasteiger partial charge in [0.15, 0.2) is 11.5 Å². The lowest BCUT2D eigenvalue weighted by atomic mass is 10.1. The van der Waals surface area contributed by atoms with Crippen molar-refractivity contribution in [2.75, 3.05) is 7.11 Å². The van der Waals surface area contributed by atoms with Crippen molar-refractivity contribution in [2.45, 2.75) is 6.61 Å². The van der Waals surface area contributed by atoms with Crippen LogP contribution in [-0.2, 0) is 6.61 Å². The topological polar surface area (TPSA) is 75.7 Å². The third-order valence-electron chi connectivity index (χ3n) is 2.88. The summed E-state index contributed by atoms with van der Waals surface area (Å²) in [7, 11) is 1.48. The molecule has 0 spiro atoms. The summed E-state index contributed by atoms with van der Waals surface area (Å²) in [5, 5.41) is 10.8. The first-order chi connectivity index (χ1) is 10.1. The van der Waals surface area contributed by atoms with Gasteiger partial charge in [0.1, 0.15) is 12.9 Å². The summed E-state index contributed by atoms with van der Waals surface area (Å²) in [5.74, 6) is -0.317. The van der Waals surface area contributed by atoms with Crippen molar-refractivity contribution >= 4 is 12.3 Å². The van der Waals surface area contributed by atoms with E-state index in [4.69, 9.17) is 9.47 Å². The molecule has 0 amide bonds. The molecule has 0 unspecified atom stereocenters. The Kier molecular flexibility index (Phi) is 4.56. The van der Waals surface area contributed by atoms with Crippen molar-refractivity contribution in [3.05, 3.63) is 59.2 Å². The summed E-state index contributed by atoms with van der Waals surface area (Å²) in [6.07, 6.45) is 0.718. The van der Waals surface area contributed by atoms with E-state index in [1.165, 1.54) is 19.2 Å². The molecular weight excluding hydrogens is 272 g/mol. The fourth-order valence-electron chi connectivity index (χ4n) is 1.83. The molecule has 0 saturated carbocycles. The first-order valence-electron chi connectivity index (χ1n) is 6.20. The molecule has 0 aliphatic rings. The number of hydrogen-bond donors (Lipinski definition) is 0. The van der Waals surface area contributed by atoms with Crippen LogP contribution in [0.1, 0.15) is 26.3 Å². The Balaban J connectivity index is 2.14. The van der Waals surface area contributed by atoms with Crippen molar-refractivity contribution in [3.63, 3.8) is 0 Å². The predicted octanol–water partition coefficient (Wildman–Crippen LogP) is 1.45. The van der Waals surface area contributed by atoms with Crippen LogP contribution in [0.4, 0.5) is 0 Å². The summed E-state index contributed by atoms with van der Waals surface area (Å²) in [6, 6.07) is 11.1. The van der Waals surface area contributed by atoms with Gasteiger partial charge in [0.05, 0.1) is 13.1 Å². The average molecular weight is 285 g/mol. The average Bonchev–Trinajstić information content (AvgIpc) is 2.53. The smallest absolute Gasteiger partial charge is 0.161 e. The molecule has 0 saturated heterocycles. The van der Waals surface area contributed by atoms with Crippen molar-refractivity contribution in [1.29, 1.82) is 0 Å². The number of carboxylic acids is 1. The van der Waals surface area contributed by atoms with E-state index in [1.54, 1.807) is 30.3 Å². The van der Waals surface area contributed by atoms with Gasteiger partial charge in [0.2, 0.25) is 0 Å². The number of ether oxygens (including phenoxy) is 2. The standard InChI is InChI=1S/C16H14O5/c1-20-15-8-11(9-17)5-6-14(15)21-10-12-3-2-4-13(7-12)16(18)19/h2-9H,10H2,1H3,(H,18,19)/p-1. The summed E-state index contributed by atoms with van der Waals surface area (Å²) >= 11 is 0. The minimum Gasteiger partial charge on any atom is -0.545 e. The molecule has 0 bridgehead atoms. The van der Waals surface area contributed by atoms with Crippen molar-refractivity contribution in [1.82, 2.24) is 0 Å². The Bertz CT molecular complexity index is 663. The minimum absolute atomic E-state index is 0.0966. The molecule has 5 nitrogen and oxygen atoms in total. The highest BCUT2D eigenvalue weighted by molar-refractivity contribution is 5.85. The van der Waals surface area contributed by atoms with Gasteiger partial charge in [0.25, 0.3) is 0 Å². The molecule has 2 aromatic rings. The number of benzene rings is 2. The second-order valence-corrected chi connectivity index (χ2v) is 4.30. The van der Waals surface area contributed by atoms with Gasteiger partial charge in [-0.25, -0.2) is 0 Å². The number of aldehydes is 1. The van der Waals surface area contributed by atoms with E-state index in [-0.39, 0.29) is 12.2 Å². The first kappa shape index (κ1) is 14.6. The largest absolute Gasteiger partial charge is 0.545 e. The second kappa shape index (κ2) is 6.56. The summed E-state index contributed by atoms with van der Waals surface area (Å²) < 4.78 is 10.7. The van der Waals surface area contributed by atoms with Crippen LogP contribution in [0.15, 0.2) is 42.5 Å². The maximum Gasteiger partial charge on any atom is 0.161 e. The third-order valence-corrected chi connectivity index (χ3v) is 2.88. The monoisotopic (exact) mass is 285 g/mol. The molecule has 0 atom stereocenters. The SMILES string of the molecule is COc1cc(C=O)ccc1OCc1cccc(C(=O)[O-])c1. The molecule has 0 aliphatic carbocycles. The van der Waals surface area contributed by atoms with Crippen LogP contribution >= 0.6 is 0 Å². The first-order valence-corrected chi connectivity index (χ1v) is 6.20. The molecule has 2 aromatic carbocycles. The number of carbonyl (C=O) groups is 2. The molecule has 0 aromatic heterocycles. The van der Waals surface area contributed by atoms with E-state index in [1.807, 2.05) is 0 Å². The van der Waals surface area contributed by atoms with Crippen LogP contribution in [0, 0.1) is 0 Å². The van der Waals surface area contributed by atoms with E-state index < -0.39 is 5.97 Å². The maximum atomic E-state index is 10.8. The van der Waals surface area contributed by atoms with E-state index in [9.17, 15) is 14.7 Å². The van der Waals surface area contributed by atoms with Gasteiger partial charge in [-0.15, -0.1) is 0 Å². The van der Waals surface area contributed by atoms with Gasteiger partial charge in [-0.2, -0.15) is 0 Å². The molecule has 108 valence electrons. The van der Waals surface area contributed by atoms with Gasteiger partial charge in [0, 0.05) is 5.56 Å². The quantitative estimate of drug-likeness (QED) is 0.751. The highest BCUT2D eigenvalue weighted by Crippen LogP contribution is 2.28. The molecule has 0 N–H and O–H groups in total. The number of carbonyl (C=O) groups excluding carboxylic acids is 2. The molecule has 5 heteroatoms. The molecule has 0 fully saturated rings. The Labute approximate surface area is 121 Å². The van der Waals surface area contributed by atoms with Crippen molar-refractivity contribution in [3.8, 4) is 11.5 Å². The lowest BCUT2D eigenvalue weighted by Gasteiger charge is -2.12. The van der Waals surface area contributed by atoms with Gasteiger partial charge in [-0.05, 0) is 35.4 Å². The Morgan fingerprint density at radius 3 is 2.67 bits per heavy atom. The zero-order valence-electron chi connectivity index (χ0n) is 11.4.